The number of hydrogen-bond acceptors (Lipinski definition) is 8. The largest absolute Gasteiger partial charge is 0.471 e. The van der Waals surface area contributed by atoms with Crippen molar-refractivity contribution in [1.82, 2.24) is 15.6 Å². The number of aromatic nitrogens is 1. The van der Waals surface area contributed by atoms with Crippen molar-refractivity contribution in [2.24, 2.45) is 5.41 Å². The molecular formula is C31H41N3O6. The molecule has 1 aromatic heterocycles. The van der Waals surface area contributed by atoms with Crippen molar-refractivity contribution in [3.05, 3.63) is 47.2 Å². The summed E-state index contributed by atoms with van der Waals surface area (Å²) in [7, 11) is 0. The van der Waals surface area contributed by atoms with E-state index in [-0.39, 0.29) is 29.8 Å². The fourth-order valence-electron chi connectivity index (χ4n) is 6.08. The Labute approximate surface area is 235 Å². The van der Waals surface area contributed by atoms with E-state index in [0.717, 1.165) is 43.2 Å². The molecule has 40 heavy (non-hydrogen) atoms. The van der Waals surface area contributed by atoms with Crippen LogP contribution in [-0.2, 0) is 22.4 Å². The molecule has 9 nitrogen and oxygen atoms in total. The number of carbonyl (C=O) groups excluding carboxylic acids is 1. The van der Waals surface area contributed by atoms with Gasteiger partial charge in [0.1, 0.15) is 11.7 Å². The summed E-state index contributed by atoms with van der Waals surface area (Å²) in [6.07, 6.45) is 6.74. The van der Waals surface area contributed by atoms with Gasteiger partial charge in [-0.3, -0.25) is 4.79 Å². The number of pyridine rings is 1. The second kappa shape index (κ2) is 10.8. The lowest BCUT2D eigenvalue weighted by atomic mass is 9.73. The topological polar surface area (TPSA) is 111 Å². The average Bonchev–Trinajstić information content (AvgIpc) is 3.31. The monoisotopic (exact) mass is 551 g/mol. The van der Waals surface area contributed by atoms with Gasteiger partial charge in [0.05, 0.1) is 18.8 Å². The molecule has 4 atom stereocenters. The lowest BCUT2D eigenvalue weighted by Crippen LogP contribution is -2.54. The summed E-state index contributed by atoms with van der Waals surface area (Å²) in [5, 5.41) is 18.1. The lowest BCUT2D eigenvalue weighted by molar-refractivity contribution is -0.146. The van der Waals surface area contributed by atoms with Crippen molar-refractivity contribution >= 4 is 5.91 Å². The fraction of sp³-hybridized carbons (Fsp3) is 0.613. The first-order valence-electron chi connectivity index (χ1n) is 14.6. The fourth-order valence-corrected chi connectivity index (χ4v) is 6.08. The molecule has 9 heteroatoms. The SMILES string of the molecule is CC(C)(C)Cc1cnc2c(c1)[C@@H](NC[C@H](O)[C@H](Cc1ccc3c(c1)OCO3)NC(=O)[C@@H]1CCO1)CC1(CCC1)O2. The van der Waals surface area contributed by atoms with Crippen LogP contribution < -0.4 is 24.8 Å². The molecule has 2 fully saturated rings. The number of aliphatic hydroxyl groups is 1. The van der Waals surface area contributed by atoms with E-state index >= 15 is 0 Å². The molecule has 216 valence electrons. The summed E-state index contributed by atoms with van der Waals surface area (Å²) in [6, 6.07) is 7.44. The predicted octanol–water partition coefficient (Wildman–Crippen LogP) is 3.61. The Hall–Kier alpha value is -2.88. The molecule has 1 saturated carbocycles. The number of rotatable bonds is 9. The summed E-state index contributed by atoms with van der Waals surface area (Å²) in [5.74, 6) is 1.90. The second-order valence-electron chi connectivity index (χ2n) is 13.0. The third-order valence-corrected chi connectivity index (χ3v) is 8.45. The zero-order chi connectivity index (χ0) is 27.9. The number of nitrogens with zero attached hydrogens (tertiary/aromatic N) is 1. The molecule has 4 heterocycles. The molecule has 1 spiro atoms. The number of carbonyl (C=O) groups is 1. The van der Waals surface area contributed by atoms with Gasteiger partial charge in [-0.2, -0.15) is 0 Å². The summed E-state index contributed by atoms with van der Waals surface area (Å²) in [4.78, 5) is 17.6. The van der Waals surface area contributed by atoms with Crippen LogP contribution in [0.2, 0.25) is 0 Å². The molecule has 0 radical (unpaired) electrons. The molecule has 1 saturated heterocycles. The number of ether oxygens (including phenoxy) is 4. The molecule has 3 N–H and O–H groups in total. The van der Waals surface area contributed by atoms with Gasteiger partial charge in [0.2, 0.25) is 18.6 Å². The molecule has 1 aliphatic carbocycles. The van der Waals surface area contributed by atoms with Gasteiger partial charge in [0.15, 0.2) is 11.5 Å². The Morgan fingerprint density at radius 1 is 1.18 bits per heavy atom. The van der Waals surface area contributed by atoms with Crippen molar-refractivity contribution in [1.29, 1.82) is 0 Å². The van der Waals surface area contributed by atoms with Gasteiger partial charge in [-0.05, 0) is 66.8 Å². The number of nitrogens with one attached hydrogen (secondary N) is 2. The van der Waals surface area contributed by atoms with Crippen molar-refractivity contribution in [3.8, 4) is 17.4 Å². The third kappa shape index (κ3) is 5.92. The van der Waals surface area contributed by atoms with Crippen LogP contribution >= 0.6 is 0 Å². The first-order valence-corrected chi connectivity index (χ1v) is 14.6. The van der Waals surface area contributed by atoms with Crippen molar-refractivity contribution in [2.45, 2.75) is 95.6 Å². The molecule has 0 unspecified atom stereocenters. The molecule has 0 bridgehead atoms. The van der Waals surface area contributed by atoms with Crippen LogP contribution in [0.4, 0.5) is 0 Å². The highest BCUT2D eigenvalue weighted by molar-refractivity contribution is 5.81. The van der Waals surface area contributed by atoms with Gasteiger partial charge in [-0.15, -0.1) is 0 Å². The summed E-state index contributed by atoms with van der Waals surface area (Å²) >= 11 is 0. The second-order valence-corrected chi connectivity index (χ2v) is 13.0. The van der Waals surface area contributed by atoms with Crippen LogP contribution in [-0.4, -0.2) is 59.8 Å². The molecule has 1 amide bonds. The lowest BCUT2D eigenvalue weighted by Gasteiger charge is -2.47. The highest BCUT2D eigenvalue weighted by Gasteiger charge is 2.46. The first-order chi connectivity index (χ1) is 19.2. The van der Waals surface area contributed by atoms with E-state index in [1.165, 1.54) is 5.56 Å². The zero-order valence-corrected chi connectivity index (χ0v) is 23.7. The first kappa shape index (κ1) is 27.3. The Balaban J connectivity index is 1.18. The standard InChI is InChI=1S/C31H41N3O6/c1-30(2,3)14-20-11-21-23(15-31(8-4-9-31)40-29(21)33-16-20)32-17-24(35)22(34-28(36)26-7-10-37-26)12-19-5-6-25-27(13-19)39-18-38-25/h5-6,11,13,16,22-24,26,32,35H,4,7-10,12,14-15,17-18H2,1-3H3,(H,34,36)/t22-,23-,24-,26-/m0/s1. The molecule has 6 rings (SSSR count). The minimum Gasteiger partial charge on any atom is -0.471 e. The minimum absolute atomic E-state index is 0.00276. The Morgan fingerprint density at radius 3 is 2.67 bits per heavy atom. The zero-order valence-electron chi connectivity index (χ0n) is 23.7. The van der Waals surface area contributed by atoms with Crippen molar-refractivity contribution in [3.63, 3.8) is 0 Å². The van der Waals surface area contributed by atoms with E-state index < -0.39 is 18.2 Å². The Bertz CT molecular complexity index is 1240. The Kier molecular flexibility index (Phi) is 7.39. The third-order valence-electron chi connectivity index (χ3n) is 8.45. The Morgan fingerprint density at radius 2 is 1.98 bits per heavy atom. The molecule has 2 aromatic rings. The van der Waals surface area contributed by atoms with Gasteiger partial charge in [0.25, 0.3) is 0 Å². The number of aliphatic hydroxyl groups excluding tert-OH is 1. The predicted molar refractivity (Wildman–Crippen MR) is 149 cm³/mol. The number of fused-ring (bicyclic) bond motifs is 2. The van der Waals surface area contributed by atoms with Crippen molar-refractivity contribution < 1.29 is 28.8 Å². The van der Waals surface area contributed by atoms with Crippen LogP contribution in [0.1, 0.15) is 75.6 Å². The van der Waals surface area contributed by atoms with Crippen molar-refractivity contribution in [2.75, 3.05) is 19.9 Å². The van der Waals surface area contributed by atoms with Gasteiger partial charge < -0.3 is 34.7 Å². The van der Waals surface area contributed by atoms with Gasteiger partial charge in [-0.1, -0.05) is 26.8 Å². The van der Waals surface area contributed by atoms with E-state index in [2.05, 4.69) is 37.5 Å². The van der Waals surface area contributed by atoms with Crippen LogP contribution in [0.3, 0.4) is 0 Å². The van der Waals surface area contributed by atoms with Crippen LogP contribution in [0, 0.1) is 5.41 Å². The minimum atomic E-state index is -0.830. The summed E-state index contributed by atoms with van der Waals surface area (Å²) < 4.78 is 22.8. The number of benzene rings is 1. The average molecular weight is 552 g/mol. The van der Waals surface area contributed by atoms with Gasteiger partial charge >= 0.3 is 0 Å². The van der Waals surface area contributed by atoms with Gasteiger partial charge in [0, 0.05) is 37.2 Å². The maximum Gasteiger partial charge on any atom is 0.249 e. The van der Waals surface area contributed by atoms with Crippen LogP contribution in [0.5, 0.6) is 17.4 Å². The summed E-state index contributed by atoms with van der Waals surface area (Å²) in [6.45, 7) is 7.77. The highest BCUT2D eigenvalue weighted by Crippen LogP contribution is 2.48. The molecule has 1 aromatic carbocycles. The van der Waals surface area contributed by atoms with E-state index in [4.69, 9.17) is 23.9 Å². The maximum absolute atomic E-state index is 12.8. The van der Waals surface area contributed by atoms with E-state index in [1.54, 1.807) is 0 Å². The number of hydrogen-bond donors (Lipinski definition) is 3. The number of amides is 1. The molecule has 3 aliphatic heterocycles. The molecule has 4 aliphatic rings. The molecular weight excluding hydrogens is 510 g/mol. The smallest absolute Gasteiger partial charge is 0.249 e. The maximum atomic E-state index is 12.8. The van der Waals surface area contributed by atoms with E-state index in [9.17, 15) is 9.90 Å². The quantitative estimate of drug-likeness (QED) is 0.434. The van der Waals surface area contributed by atoms with Gasteiger partial charge in [-0.25, -0.2) is 4.98 Å². The van der Waals surface area contributed by atoms with Crippen LogP contribution in [0.25, 0.3) is 0 Å². The van der Waals surface area contributed by atoms with E-state index in [1.807, 2.05) is 24.4 Å². The summed E-state index contributed by atoms with van der Waals surface area (Å²) in [5.41, 5.74) is 3.13. The van der Waals surface area contributed by atoms with E-state index in [0.29, 0.717) is 43.4 Å². The van der Waals surface area contributed by atoms with Crippen LogP contribution in [0.15, 0.2) is 30.5 Å². The normalized spacial score (nSPS) is 23.8. The highest BCUT2D eigenvalue weighted by atomic mass is 16.7.